The molecule has 7 nitrogen and oxygen atoms in total. The van der Waals surface area contributed by atoms with Gasteiger partial charge in [-0.25, -0.2) is 14.4 Å². The molecule has 0 fully saturated rings. The van der Waals surface area contributed by atoms with E-state index in [-0.39, 0.29) is 11.7 Å². The second-order valence-electron chi connectivity index (χ2n) is 6.61. The Morgan fingerprint density at radius 2 is 1.52 bits per heavy atom. The maximum absolute atomic E-state index is 13.0. The van der Waals surface area contributed by atoms with Gasteiger partial charge in [0.15, 0.2) is 11.5 Å². The van der Waals surface area contributed by atoms with Crippen LogP contribution in [0.4, 0.5) is 21.6 Å². The number of methoxy groups -OCH3 is 2. The molecule has 0 aliphatic carbocycles. The molecule has 0 aliphatic heterocycles. The summed E-state index contributed by atoms with van der Waals surface area (Å²) in [6.45, 7) is 0. The van der Waals surface area contributed by atoms with Gasteiger partial charge in [0.1, 0.15) is 18.0 Å². The summed E-state index contributed by atoms with van der Waals surface area (Å²) in [5.41, 5.74) is 2.46. The number of aromatic nitrogens is 2. The Morgan fingerprint density at radius 3 is 2.19 bits per heavy atom. The number of nitrogens with one attached hydrogen (secondary N) is 2. The summed E-state index contributed by atoms with van der Waals surface area (Å²) in [5, 5.41) is 6.81. The molecule has 4 aromatic rings. The Balaban J connectivity index is 1.53. The first kappa shape index (κ1) is 20.1. The third-order valence-corrected chi connectivity index (χ3v) is 4.65. The van der Waals surface area contributed by atoms with E-state index in [1.54, 1.807) is 32.4 Å². The minimum Gasteiger partial charge on any atom is -0.493 e. The second kappa shape index (κ2) is 8.66. The zero-order valence-corrected chi connectivity index (χ0v) is 16.8. The quantitative estimate of drug-likeness (QED) is 0.469. The Bertz CT molecular complexity index is 1230. The van der Waals surface area contributed by atoms with E-state index in [0.717, 1.165) is 11.1 Å². The molecule has 4 rings (SSSR count). The highest BCUT2D eigenvalue weighted by molar-refractivity contribution is 6.04. The van der Waals surface area contributed by atoms with E-state index in [2.05, 4.69) is 20.6 Å². The lowest BCUT2D eigenvalue weighted by molar-refractivity contribution is 0.102. The standard InChI is InChI=1S/C23H19FN4O3/c1-30-20-11-18-19(12-21(20)31-2)25-13-26-22(18)27-16-7-9-17(10-8-16)28-23(29)14-3-5-15(24)6-4-14/h3-13H,1-2H3,(H,28,29)(H,25,26,27). The number of nitrogens with zero attached hydrogens (tertiary/aromatic N) is 2. The molecule has 0 bridgehead atoms. The molecule has 0 radical (unpaired) electrons. The summed E-state index contributed by atoms with van der Waals surface area (Å²) in [7, 11) is 3.14. The van der Waals surface area contributed by atoms with Gasteiger partial charge in [-0.3, -0.25) is 4.79 Å². The lowest BCUT2D eigenvalue weighted by Crippen LogP contribution is -2.11. The van der Waals surface area contributed by atoms with Crippen LogP contribution in [0.1, 0.15) is 10.4 Å². The minimum absolute atomic E-state index is 0.316. The topological polar surface area (TPSA) is 85.4 Å². The molecular weight excluding hydrogens is 399 g/mol. The van der Waals surface area contributed by atoms with E-state index in [0.29, 0.717) is 34.1 Å². The van der Waals surface area contributed by atoms with E-state index in [1.165, 1.54) is 30.6 Å². The monoisotopic (exact) mass is 418 g/mol. The molecule has 0 unspecified atom stereocenters. The maximum Gasteiger partial charge on any atom is 0.255 e. The summed E-state index contributed by atoms with van der Waals surface area (Å²) in [5.74, 6) is 1.06. The van der Waals surface area contributed by atoms with Gasteiger partial charge in [0.25, 0.3) is 5.91 Å². The molecule has 8 heteroatoms. The summed E-state index contributed by atoms with van der Waals surface area (Å²) >= 11 is 0. The number of anilines is 3. The first-order valence-electron chi connectivity index (χ1n) is 9.38. The smallest absolute Gasteiger partial charge is 0.255 e. The fourth-order valence-electron chi connectivity index (χ4n) is 3.06. The fourth-order valence-corrected chi connectivity index (χ4v) is 3.06. The van der Waals surface area contributed by atoms with Crippen molar-refractivity contribution in [1.29, 1.82) is 0 Å². The van der Waals surface area contributed by atoms with Crippen LogP contribution in [-0.2, 0) is 0 Å². The number of amides is 1. The van der Waals surface area contributed by atoms with Gasteiger partial charge in [-0.1, -0.05) is 0 Å². The highest BCUT2D eigenvalue weighted by atomic mass is 19.1. The van der Waals surface area contributed by atoms with Crippen molar-refractivity contribution in [3.05, 3.63) is 78.4 Å². The van der Waals surface area contributed by atoms with Crippen molar-refractivity contribution >= 4 is 34.0 Å². The molecule has 1 amide bonds. The molecular formula is C23H19FN4O3. The third-order valence-electron chi connectivity index (χ3n) is 4.65. The number of carbonyl (C=O) groups is 1. The van der Waals surface area contributed by atoms with Crippen LogP contribution >= 0.6 is 0 Å². The number of halogens is 1. The van der Waals surface area contributed by atoms with E-state index in [4.69, 9.17) is 9.47 Å². The van der Waals surface area contributed by atoms with Crippen molar-refractivity contribution < 1.29 is 18.7 Å². The van der Waals surface area contributed by atoms with Gasteiger partial charge < -0.3 is 20.1 Å². The highest BCUT2D eigenvalue weighted by Gasteiger charge is 2.11. The van der Waals surface area contributed by atoms with Gasteiger partial charge in [0.2, 0.25) is 0 Å². The fraction of sp³-hybridized carbons (Fsp3) is 0.0870. The summed E-state index contributed by atoms with van der Waals surface area (Å²) in [6.07, 6.45) is 1.47. The Morgan fingerprint density at radius 1 is 0.871 bits per heavy atom. The van der Waals surface area contributed by atoms with Crippen LogP contribution in [0.15, 0.2) is 67.0 Å². The van der Waals surface area contributed by atoms with Gasteiger partial charge in [0, 0.05) is 28.4 Å². The number of carbonyl (C=O) groups excluding carboxylic acids is 1. The van der Waals surface area contributed by atoms with Crippen LogP contribution in [0.5, 0.6) is 11.5 Å². The molecule has 0 atom stereocenters. The molecule has 0 spiro atoms. The van der Waals surface area contributed by atoms with Crippen molar-refractivity contribution in [2.45, 2.75) is 0 Å². The van der Waals surface area contributed by atoms with Crippen molar-refractivity contribution in [3.8, 4) is 11.5 Å². The average molecular weight is 418 g/mol. The van der Waals surface area contributed by atoms with Gasteiger partial charge in [-0.2, -0.15) is 0 Å². The zero-order valence-electron chi connectivity index (χ0n) is 16.8. The van der Waals surface area contributed by atoms with Crippen molar-refractivity contribution in [3.63, 3.8) is 0 Å². The lowest BCUT2D eigenvalue weighted by Gasteiger charge is -2.12. The molecule has 0 saturated carbocycles. The zero-order chi connectivity index (χ0) is 21.8. The molecule has 31 heavy (non-hydrogen) atoms. The number of benzene rings is 3. The van der Waals surface area contributed by atoms with Crippen LogP contribution < -0.4 is 20.1 Å². The Kier molecular flexibility index (Phi) is 5.61. The summed E-state index contributed by atoms with van der Waals surface area (Å²) in [6, 6.07) is 16.1. The van der Waals surface area contributed by atoms with Gasteiger partial charge >= 0.3 is 0 Å². The van der Waals surface area contributed by atoms with Gasteiger partial charge in [-0.05, 0) is 54.6 Å². The van der Waals surface area contributed by atoms with Crippen molar-refractivity contribution in [1.82, 2.24) is 9.97 Å². The number of hydrogen-bond donors (Lipinski definition) is 2. The van der Waals surface area contributed by atoms with Gasteiger partial charge in [0.05, 0.1) is 19.7 Å². The molecule has 156 valence electrons. The van der Waals surface area contributed by atoms with E-state index >= 15 is 0 Å². The van der Waals surface area contributed by atoms with Crippen LogP contribution in [0.3, 0.4) is 0 Å². The predicted molar refractivity (Wildman–Crippen MR) is 117 cm³/mol. The number of fused-ring (bicyclic) bond motifs is 1. The lowest BCUT2D eigenvalue weighted by atomic mass is 10.2. The largest absolute Gasteiger partial charge is 0.493 e. The number of ether oxygens (including phenoxy) is 2. The van der Waals surface area contributed by atoms with Crippen molar-refractivity contribution in [2.24, 2.45) is 0 Å². The first-order valence-corrected chi connectivity index (χ1v) is 9.38. The SMILES string of the molecule is COc1cc2ncnc(Nc3ccc(NC(=O)c4ccc(F)cc4)cc3)c2cc1OC. The van der Waals surface area contributed by atoms with Crippen molar-refractivity contribution in [2.75, 3.05) is 24.9 Å². The summed E-state index contributed by atoms with van der Waals surface area (Å²) in [4.78, 5) is 20.9. The van der Waals surface area contributed by atoms with Crippen LogP contribution in [0, 0.1) is 5.82 Å². The van der Waals surface area contributed by atoms with Gasteiger partial charge in [-0.15, -0.1) is 0 Å². The first-order chi connectivity index (χ1) is 15.1. The van der Waals surface area contributed by atoms with Crippen LogP contribution in [0.25, 0.3) is 10.9 Å². The molecule has 1 heterocycles. The molecule has 0 saturated heterocycles. The minimum atomic E-state index is -0.389. The summed E-state index contributed by atoms with van der Waals surface area (Å²) < 4.78 is 23.7. The molecule has 1 aromatic heterocycles. The van der Waals surface area contributed by atoms with E-state index < -0.39 is 0 Å². The molecule has 3 aromatic carbocycles. The Hall–Kier alpha value is -4.20. The molecule has 2 N–H and O–H groups in total. The predicted octanol–water partition coefficient (Wildman–Crippen LogP) is 4.78. The average Bonchev–Trinajstić information content (AvgIpc) is 2.80. The number of hydrogen-bond acceptors (Lipinski definition) is 6. The van der Waals surface area contributed by atoms with E-state index in [9.17, 15) is 9.18 Å². The third kappa shape index (κ3) is 4.37. The normalized spacial score (nSPS) is 10.5. The van der Waals surface area contributed by atoms with E-state index in [1.807, 2.05) is 18.2 Å². The van der Waals surface area contributed by atoms with Crippen LogP contribution in [0.2, 0.25) is 0 Å². The Labute approximate surface area is 177 Å². The molecule has 0 aliphatic rings. The highest BCUT2D eigenvalue weighted by Crippen LogP contribution is 2.34. The van der Waals surface area contributed by atoms with Crippen LogP contribution in [-0.4, -0.2) is 30.1 Å². The second-order valence-corrected chi connectivity index (χ2v) is 6.61. The number of rotatable bonds is 6. The maximum atomic E-state index is 13.0.